The molecule has 3 heteroatoms. The van der Waals surface area contributed by atoms with E-state index in [0.29, 0.717) is 6.54 Å². The van der Waals surface area contributed by atoms with E-state index in [1.54, 1.807) is 0 Å². The third kappa shape index (κ3) is 3.69. The summed E-state index contributed by atoms with van der Waals surface area (Å²) in [6.07, 6.45) is 0. The van der Waals surface area contributed by atoms with Gasteiger partial charge in [-0.25, -0.2) is 0 Å². The maximum atomic E-state index is 5.15. The van der Waals surface area contributed by atoms with E-state index in [1.165, 1.54) is 0 Å². The lowest BCUT2D eigenvalue weighted by atomic mass is 10.6. The molecular weight excluding hydrogens is 108 g/mol. The summed E-state index contributed by atoms with van der Waals surface area (Å²) in [7, 11) is 0. The van der Waals surface area contributed by atoms with Crippen LogP contribution < -0.4 is 11.1 Å². The monoisotopic (exact) mass is 118 g/mol. The average Bonchev–Trinajstić information content (AvgIpc) is 1.68. The number of thiocarbonyl (C=S) groups is 1. The Labute approximate surface area is 49.1 Å². The number of nitrogens with one attached hydrogen (secondary N) is 1. The largest absolute Gasteiger partial charge is 0.379 e. The Balaban J connectivity index is 3.00. The van der Waals surface area contributed by atoms with Gasteiger partial charge in [0.2, 0.25) is 0 Å². The van der Waals surface area contributed by atoms with Gasteiger partial charge in [-0.1, -0.05) is 12.2 Å². The second kappa shape index (κ2) is 4.02. The summed E-state index contributed by atoms with van der Waals surface area (Å²) in [6, 6.07) is 0. The van der Waals surface area contributed by atoms with Gasteiger partial charge < -0.3 is 11.1 Å². The lowest BCUT2D eigenvalue weighted by Gasteiger charge is -1.97. The maximum absolute atomic E-state index is 5.15. The second-order valence-electron chi connectivity index (χ2n) is 1.16. The van der Waals surface area contributed by atoms with E-state index in [2.05, 4.69) is 5.32 Å². The van der Waals surface area contributed by atoms with E-state index in [9.17, 15) is 0 Å². The van der Waals surface area contributed by atoms with Gasteiger partial charge in [0.05, 0.1) is 4.99 Å². The first-order chi connectivity index (χ1) is 3.31. The Morgan fingerprint density at radius 2 is 2.43 bits per heavy atom. The molecule has 0 aliphatic carbocycles. The quantitative estimate of drug-likeness (QED) is 0.496. The first-order valence-electron chi connectivity index (χ1n) is 2.28. The minimum atomic E-state index is 0.461. The second-order valence-corrected chi connectivity index (χ2v) is 1.65. The van der Waals surface area contributed by atoms with Gasteiger partial charge in [-0.15, -0.1) is 0 Å². The summed E-state index contributed by atoms with van der Waals surface area (Å²) < 4.78 is 0. The fourth-order valence-corrected chi connectivity index (χ4v) is 0.414. The zero-order chi connectivity index (χ0) is 5.70. The molecule has 0 aromatic carbocycles. The Kier molecular flexibility index (Phi) is 3.93. The van der Waals surface area contributed by atoms with Crippen LogP contribution in [-0.2, 0) is 0 Å². The molecule has 0 saturated heterocycles. The molecule has 0 saturated carbocycles. The Morgan fingerprint density at radius 1 is 1.86 bits per heavy atom. The van der Waals surface area contributed by atoms with Crippen LogP contribution in [0.5, 0.6) is 0 Å². The third-order valence-electron chi connectivity index (χ3n) is 0.559. The molecule has 0 bridgehead atoms. The molecule has 0 fully saturated rings. The summed E-state index contributed by atoms with van der Waals surface area (Å²) in [4.78, 5) is 0.738. The van der Waals surface area contributed by atoms with E-state index < -0.39 is 0 Å². The normalized spacial score (nSPS) is 8.29. The molecule has 0 heterocycles. The first kappa shape index (κ1) is 6.85. The van der Waals surface area contributed by atoms with Gasteiger partial charge in [-0.05, 0) is 6.92 Å². The first-order valence-corrected chi connectivity index (χ1v) is 2.68. The van der Waals surface area contributed by atoms with E-state index in [1.807, 2.05) is 6.92 Å². The molecule has 42 valence electrons. The van der Waals surface area contributed by atoms with Gasteiger partial charge in [-0.2, -0.15) is 0 Å². The lowest BCUT2D eigenvalue weighted by Crippen LogP contribution is -2.27. The van der Waals surface area contributed by atoms with Crippen LogP contribution in [0, 0.1) is 0 Å². The van der Waals surface area contributed by atoms with Gasteiger partial charge in [0.15, 0.2) is 0 Å². The number of hydrogen-bond donors (Lipinski definition) is 2. The molecule has 3 N–H and O–H groups in total. The highest BCUT2D eigenvalue weighted by Crippen LogP contribution is 1.62. The summed E-state index contributed by atoms with van der Waals surface area (Å²) >= 11 is 4.72. The highest BCUT2D eigenvalue weighted by molar-refractivity contribution is 7.80. The van der Waals surface area contributed by atoms with Crippen LogP contribution in [0.2, 0.25) is 0 Å². The highest BCUT2D eigenvalue weighted by Gasteiger charge is 1.83. The highest BCUT2D eigenvalue weighted by atomic mass is 32.1. The smallest absolute Gasteiger partial charge is 0.0891 e. The van der Waals surface area contributed by atoms with Crippen LogP contribution in [0.15, 0.2) is 0 Å². The molecule has 0 aliphatic heterocycles. The SMILES string of the molecule is CCNC(=S)CN. The summed E-state index contributed by atoms with van der Waals surface area (Å²) in [5.41, 5.74) is 5.15. The summed E-state index contributed by atoms with van der Waals surface area (Å²) in [6.45, 7) is 3.32. The number of nitrogens with two attached hydrogens (primary N) is 1. The van der Waals surface area contributed by atoms with Crippen molar-refractivity contribution in [1.29, 1.82) is 0 Å². The fourth-order valence-electron chi connectivity index (χ4n) is 0.269. The van der Waals surface area contributed by atoms with Crippen LogP contribution in [0.4, 0.5) is 0 Å². The predicted molar refractivity (Wildman–Crippen MR) is 35.3 cm³/mol. The fraction of sp³-hybridized carbons (Fsp3) is 0.750. The van der Waals surface area contributed by atoms with Crippen molar-refractivity contribution in [3.05, 3.63) is 0 Å². The van der Waals surface area contributed by atoms with E-state index in [-0.39, 0.29) is 0 Å². The molecule has 7 heavy (non-hydrogen) atoms. The summed E-state index contributed by atoms with van der Waals surface area (Å²) in [5.74, 6) is 0. The van der Waals surface area contributed by atoms with Gasteiger partial charge in [-0.3, -0.25) is 0 Å². The maximum Gasteiger partial charge on any atom is 0.0891 e. The lowest BCUT2D eigenvalue weighted by molar-refractivity contribution is 0.963. The summed E-state index contributed by atoms with van der Waals surface area (Å²) in [5, 5.41) is 2.90. The zero-order valence-electron chi connectivity index (χ0n) is 4.40. The van der Waals surface area contributed by atoms with Crippen molar-refractivity contribution in [2.24, 2.45) is 5.73 Å². The van der Waals surface area contributed by atoms with Crippen molar-refractivity contribution in [3.63, 3.8) is 0 Å². The molecule has 0 amide bonds. The molecular formula is C4H10N2S. The average molecular weight is 118 g/mol. The molecule has 0 atom stereocenters. The van der Waals surface area contributed by atoms with Crippen molar-refractivity contribution in [1.82, 2.24) is 5.32 Å². The molecule has 0 rings (SSSR count). The Bertz CT molecular complexity index is 62.7. The molecule has 2 nitrogen and oxygen atoms in total. The Morgan fingerprint density at radius 3 is 2.57 bits per heavy atom. The van der Waals surface area contributed by atoms with Crippen LogP contribution in [0.1, 0.15) is 6.92 Å². The van der Waals surface area contributed by atoms with Gasteiger partial charge in [0.1, 0.15) is 0 Å². The predicted octanol–water partition coefficient (Wildman–Crippen LogP) is -0.118. The molecule has 0 aromatic rings. The van der Waals surface area contributed by atoms with Crippen LogP contribution >= 0.6 is 12.2 Å². The van der Waals surface area contributed by atoms with E-state index in [4.69, 9.17) is 18.0 Å². The van der Waals surface area contributed by atoms with Gasteiger partial charge >= 0.3 is 0 Å². The van der Waals surface area contributed by atoms with E-state index >= 15 is 0 Å². The minimum Gasteiger partial charge on any atom is -0.379 e. The van der Waals surface area contributed by atoms with Gasteiger partial charge in [0, 0.05) is 13.1 Å². The molecule has 0 aliphatic rings. The van der Waals surface area contributed by atoms with Crippen LogP contribution in [0.3, 0.4) is 0 Å². The van der Waals surface area contributed by atoms with Crippen molar-refractivity contribution in [2.75, 3.05) is 13.1 Å². The number of rotatable bonds is 2. The van der Waals surface area contributed by atoms with Crippen LogP contribution in [-0.4, -0.2) is 18.1 Å². The third-order valence-corrected chi connectivity index (χ3v) is 0.870. The van der Waals surface area contributed by atoms with Gasteiger partial charge in [0.25, 0.3) is 0 Å². The van der Waals surface area contributed by atoms with Crippen molar-refractivity contribution >= 4 is 17.2 Å². The topological polar surface area (TPSA) is 38.0 Å². The van der Waals surface area contributed by atoms with E-state index in [0.717, 1.165) is 11.5 Å². The number of hydrogen-bond acceptors (Lipinski definition) is 2. The minimum absolute atomic E-state index is 0.461. The zero-order valence-corrected chi connectivity index (χ0v) is 5.22. The Hall–Kier alpha value is -0.150. The van der Waals surface area contributed by atoms with Crippen molar-refractivity contribution in [3.8, 4) is 0 Å². The number of likely N-dealkylation sites (N-methyl/N-ethyl adjacent to an activating group) is 1. The molecule has 0 unspecified atom stereocenters. The molecule has 0 aromatic heterocycles. The standard InChI is InChI=1S/C4H10N2S/c1-2-6-4(7)3-5/h2-3,5H2,1H3,(H,6,7). The van der Waals surface area contributed by atoms with Crippen molar-refractivity contribution < 1.29 is 0 Å². The van der Waals surface area contributed by atoms with Crippen molar-refractivity contribution in [2.45, 2.75) is 6.92 Å². The molecule has 0 spiro atoms. The molecule has 0 radical (unpaired) electrons. The van der Waals surface area contributed by atoms with Crippen LogP contribution in [0.25, 0.3) is 0 Å².